The SMILES string of the molecule is C[C@@H](NC(=O)COC(=O)c1ccccc1OC(F)F)c1cccc2ccccc12. The van der Waals surface area contributed by atoms with Crippen LogP contribution in [0, 0.1) is 0 Å². The molecule has 0 aliphatic carbocycles. The van der Waals surface area contributed by atoms with Crippen molar-refractivity contribution in [1.29, 1.82) is 0 Å². The minimum absolute atomic E-state index is 0.178. The fourth-order valence-corrected chi connectivity index (χ4v) is 3.03. The molecule has 0 saturated carbocycles. The molecule has 0 aliphatic rings. The van der Waals surface area contributed by atoms with E-state index in [1.54, 1.807) is 0 Å². The number of carbonyl (C=O) groups is 2. The van der Waals surface area contributed by atoms with Crippen molar-refractivity contribution in [2.45, 2.75) is 19.6 Å². The molecule has 29 heavy (non-hydrogen) atoms. The van der Waals surface area contributed by atoms with Gasteiger partial charge in [-0.3, -0.25) is 4.79 Å². The van der Waals surface area contributed by atoms with Crippen LogP contribution < -0.4 is 10.1 Å². The van der Waals surface area contributed by atoms with E-state index in [2.05, 4.69) is 10.1 Å². The summed E-state index contributed by atoms with van der Waals surface area (Å²) >= 11 is 0. The second kappa shape index (κ2) is 9.14. The summed E-state index contributed by atoms with van der Waals surface area (Å²) in [5.41, 5.74) is 0.751. The second-order valence-electron chi connectivity index (χ2n) is 6.31. The van der Waals surface area contributed by atoms with Crippen molar-refractivity contribution in [2.75, 3.05) is 6.61 Å². The van der Waals surface area contributed by atoms with Crippen molar-refractivity contribution >= 4 is 22.6 Å². The molecule has 3 rings (SSSR count). The third-order valence-corrected chi connectivity index (χ3v) is 4.32. The molecule has 0 spiro atoms. The molecule has 0 saturated heterocycles. The molecule has 1 N–H and O–H groups in total. The van der Waals surface area contributed by atoms with Crippen molar-refractivity contribution in [1.82, 2.24) is 5.32 Å². The number of rotatable bonds is 7. The molecule has 5 nitrogen and oxygen atoms in total. The lowest BCUT2D eigenvalue weighted by Crippen LogP contribution is -2.31. The van der Waals surface area contributed by atoms with Gasteiger partial charge in [0.1, 0.15) is 11.3 Å². The molecule has 0 bridgehead atoms. The van der Waals surface area contributed by atoms with Crippen LogP contribution in [0.25, 0.3) is 10.8 Å². The van der Waals surface area contributed by atoms with Gasteiger partial charge in [0.25, 0.3) is 5.91 Å². The lowest BCUT2D eigenvalue weighted by Gasteiger charge is -2.17. The summed E-state index contributed by atoms with van der Waals surface area (Å²) in [5, 5.41) is 4.84. The molecule has 3 aromatic carbocycles. The average Bonchev–Trinajstić information content (AvgIpc) is 2.71. The number of halogens is 2. The Kier molecular flexibility index (Phi) is 6.39. The van der Waals surface area contributed by atoms with Gasteiger partial charge in [-0.15, -0.1) is 0 Å². The summed E-state index contributed by atoms with van der Waals surface area (Å²) in [6, 6.07) is 18.7. The Morgan fingerprint density at radius 3 is 2.45 bits per heavy atom. The highest BCUT2D eigenvalue weighted by Gasteiger charge is 2.18. The first-order valence-electron chi connectivity index (χ1n) is 8.93. The van der Waals surface area contributed by atoms with Crippen molar-refractivity contribution in [3.05, 3.63) is 77.9 Å². The number of ether oxygens (including phenoxy) is 2. The van der Waals surface area contributed by atoms with E-state index in [1.165, 1.54) is 24.3 Å². The van der Waals surface area contributed by atoms with Gasteiger partial charge in [-0.2, -0.15) is 8.78 Å². The van der Waals surface area contributed by atoms with Crippen molar-refractivity contribution in [3.63, 3.8) is 0 Å². The third kappa shape index (κ3) is 5.07. The molecular formula is C22H19F2NO4. The van der Waals surface area contributed by atoms with Crippen LogP contribution in [-0.4, -0.2) is 25.1 Å². The molecule has 1 amide bonds. The first kappa shape index (κ1) is 20.3. The Balaban J connectivity index is 1.62. The molecule has 0 heterocycles. The Hall–Kier alpha value is -3.48. The van der Waals surface area contributed by atoms with E-state index in [4.69, 9.17) is 4.74 Å². The smallest absolute Gasteiger partial charge is 0.387 e. The monoisotopic (exact) mass is 399 g/mol. The Morgan fingerprint density at radius 2 is 1.66 bits per heavy atom. The maximum Gasteiger partial charge on any atom is 0.387 e. The summed E-state index contributed by atoms with van der Waals surface area (Å²) < 4.78 is 34.2. The van der Waals surface area contributed by atoms with E-state index in [0.29, 0.717) is 0 Å². The summed E-state index contributed by atoms with van der Waals surface area (Å²) in [7, 11) is 0. The van der Waals surface area contributed by atoms with E-state index in [0.717, 1.165) is 16.3 Å². The normalized spacial score (nSPS) is 11.9. The van der Waals surface area contributed by atoms with Gasteiger partial charge < -0.3 is 14.8 Å². The minimum atomic E-state index is -3.08. The predicted octanol–water partition coefficient (Wildman–Crippen LogP) is 4.48. The first-order valence-corrected chi connectivity index (χ1v) is 8.93. The van der Waals surface area contributed by atoms with E-state index in [-0.39, 0.29) is 17.4 Å². The topological polar surface area (TPSA) is 64.6 Å². The van der Waals surface area contributed by atoms with Gasteiger partial charge in [0.2, 0.25) is 0 Å². The van der Waals surface area contributed by atoms with E-state index in [9.17, 15) is 18.4 Å². The minimum Gasteiger partial charge on any atom is -0.452 e. The second-order valence-corrected chi connectivity index (χ2v) is 6.31. The van der Waals surface area contributed by atoms with Crippen LogP contribution in [0.15, 0.2) is 66.7 Å². The molecule has 1 atom stereocenters. The lowest BCUT2D eigenvalue weighted by atomic mass is 10.00. The molecular weight excluding hydrogens is 380 g/mol. The summed E-state index contributed by atoms with van der Waals surface area (Å²) in [6.07, 6.45) is 0. The average molecular weight is 399 g/mol. The van der Waals surface area contributed by atoms with Gasteiger partial charge in [0.15, 0.2) is 6.61 Å². The quantitative estimate of drug-likeness (QED) is 0.595. The van der Waals surface area contributed by atoms with Crippen LogP contribution >= 0.6 is 0 Å². The largest absolute Gasteiger partial charge is 0.452 e. The van der Waals surface area contributed by atoms with E-state index >= 15 is 0 Å². The predicted molar refractivity (Wildman–Crippen MR) is 104 cm³/mol. The summed E-state index contributed by atoms with van der Waals surface area (Å²) in [6.45, 7) is -1.79. The number of esters is 1. The van der Waals surface area contributed by atoms with Crippen LogP contribution in [0.1, 0.15) is 28.9 Å². The van der Waals surface area contributed by atoms with E-state index in [1.807, 2.05) is 49.4 Å². The molecule has 7 heteroatoms. The van der Waals surface area contributed by atoms with Crippen molar-refractivity contribution in [3.8, 4) is 5.75 Å². The number of amides is 1. The molecule has 0 radical (unpaired) electrons. The Labute approximate surface area is 166 Å². The maximum atomic E-state index is 12.5. The van der Waals surface area contributed by atoms with Gasteiger partial charge in [-0.1, -0.05) is 54.6 Å². The third-order valence-electron chi connectivity index (χ3n) is 4.32. The lowest BCUT2D eigenvalue weighted by molar-refractivity contribution is -0.124. The maximum absolute atomic E-state index is 12.5. The molecule has 0 unspecified atom stereocenters. The van der Waals surface area contributed by atoms with Gasteiger partial charge >= 0.3 is 12.6 Å². The first-order chi connectivity index (χ1) is 14.0. The highest BCUT2D eigenvalue weighted by molar-refractivity contribution is 5.94. The number of para-hydroxylation sites is 1. The fraction of sp³-hybridized carbons (Fsp3) is 0.182. The molecule has 150 valence electrons. The number of fused-ring (bicyclic) bond motifs is 1. The Morgan fingerprint density at radius 1 is 0.966 bits per heavy atom. The number of hydrogen-bond donors (Lipinski definition) is 1. The number of benzene rings is 3. The summed E-state index contributed by atoms with van der Waals surface area (Å²) in [4.78, 5) is 24.4. The van der Waals surface area contributed by atoms with Gasteiger partial charge in [0.05, 0.1) is 6.04 Å². The van der Waals surface area contributed by atoms with Gasteiger partial charge in [-0.25, -0.2) is 4.79 Å². The van der Waals surface area contributed by atoms with Gasteiger partial charge in [0, 0.05) is 0 Å². The molecule has 0 aliphatic heterocycles. The molecule has 0 fully saturated rings. The van der Waals surface area contributed by atoms with Gasteiger partial charge in [-0.05, 0) is 35.4 Å². The van der Waals surface area contributed by atoms with Crippen LogP contribution in [0.2, 0.25) is 0 Å². The highest BCUT2D eigenvalue weighted by atomic mass is 19.3. The van der Waals surface area contributed by atoms with E-state index < -0.39 is 25.1 Å². The zero-order chi connectivity index (χ0) is 20.8. The van der Waals surface area contributed by atoms with Crippen molar-refractivity contribution < 1.29 is 27.8 Å². The van der Waals surface area contributed by atoms with Crippen LogP contribution in [0.3, 0.4) is 0 Å². The highest BCUT2D eigenvalue weighted by Crippen LogP contribution is 2.24. The number of nitrogens with one attached hydrogen (secondary N) is 1. The number of alkyl halides is 2. The zero-order valence-electron chi connectivity index (χ0n) is 15.6. The standard InChI is InChI=1S/C22H19F2NO4/c1-14(16-11-6-8-15-7-2-3-9-17(15)16)25-20(26)13-28-21(27)18-10-4-5-12-19(18)29-22(23)24/h2-12,14,22H,13H2,1H3,(H,25,26)/t14-/m1/s1. The molecule has 0 aromatic heterocycles. The zero-order valence-corrected chi connectivity index (χ0v) is 15.6. The number of carbonyl (C=O) groups excluding carboxylic acids is 2. The Bertz CT molecular complexity index is 1020. The van der Waals surface area contributed by atoms with Crippen LogP contribution in [-0.2, 0) is 9.53 Å². The van der Waals surface area contributed by atoms with Crippen molar-refractivity contribution in [2.24, 2.45) is 0 Å². The van der Waals surface area contributed by atoms with Crippen LogP contribution in [0.4, 0.5) is 8.78 Å². The van der Waals surface area contributed by atoms with Crippen LogP contribution in [0.5, 0.6) is 5.75 Å². The molecule has 3 aromatic rings. The number of hydrogen-bond acceptors (Lipinski definition) is 4. The summed E-state index contributed by atoms with van der Waals surface area (Å²) in [5.74, 6) is -1.74. The fourth-order valence-electron chi connectivity index (χ4n) is 3.03.